The van der Waals surface area contributed by atoms with Gasteiger partial charge in [0.15, 0.2) is 5.82 Å². The predicted molar refractivity (Wildman–Crippen MR) is 99.5 cm³/mol. The molecule has 2 aromatic carbocycles. The van der Waals surface area contributed by atoms with E-state index in [0.717, 1.165) is 16.8 Å². The molecule has 6 heteroatoms. The molecule has 0 bridgehead atoms. The maximum atomic E-state index is 12.4. The van der Waals surface area contributed by atoms with E-state index in [1.807, 2.05) is 32.0 Å². The van der Waals surface area contributed by atoms with Crippen LogP contribution in [0.15, 0.2) is 53.1 Å². The van der Waals surface area contributed by atoms with Crippen LogP contribution in [-0.4, -0.2) is 17.0 Å². The fourth-order valence-corrected chi connectivity index (χ4v) is 2.45. The van der Waals surface area contributed by atoms with Crippen molar-refractivity contribution in [3.8, 4) is 0 Å². The molecule has 0 aliphatic rings. The fraction of sp³-hybridized carbons (Fsp3) is 0.150. The maximum Gasteiger partial charge on any atom is 0.256 e. The summed E-state index contributed by atoms with van der Waals surface area (Å²) in [7, 11) is 0. The Labute approximate surface area is 151 Å². The third-order valence-corrected chi connectivity index (χ3v) is 3.92. The second-order valence-electron chi connectivity index (χ2n) is 6.13. The first-order valence-corrected chi connectivity index (χ1v) is 8.16. The number of benzene rings is 2. The van der Waals surface area contributed by atoms with E-state index in [2.05, 4.69) is 15.8 Å². The first-order chi connectivity index (χ1) is 12.4. The number of anilines is 2. The maximum absolute atomic E-state index is 12.4. The molecule has 0 saturated heterocycles. The Bertz CT molecular complexity index is 959. The number of nitrogens with one attached hydrogen (secondary N) is 2. The topological polar surface area (TPSA) is 84.2 Å². The molecule has 0 fully saturated rings. The number of carbonyl (C=O) groups excluding carboxylic acids is 2. The summed E-state index contributed by atoms with van der Waals surface area (Å²) in [4.78, 5) is 24.6. The van der Waals surface area contributed by atoms with Crippen LogP contribution in [0.4, 0.5) is 11.5 Å². The van der Waals surface area contributed by atoms with Gasteiger partial charge in [0.2, 0.25) is 0 Å². The second kappa shape index (κ2) is 7.23. The van der Waals surface area contributed by atoms with Crippen molar-refractivity contribution in [2.45, 2.75) is 20.8 Å². The van der Waals surface area contributed by atoms with Crippen molar-refractivity contribution in [2.75, 3.05) is 10.6 Å². The van der Waals surface area contributed by atoms with Gasteiger partial charge in [-0.3, -0.25) is 9.59 Å². The molecule has 0 aliphatic heterocycles. The summed E-state index contributed by atoms with van der Waals surface area (Å²) >= 11 is 0. The molecule has 26 heavy (non-hydrogen) atoms. The zero-order valence-electron chi connectivity index (χ0n) is 14.8. The summed E-state index contributed by atoms with van der Waals surface area (Å²) in [6, 6.07) is 13.9. The summed E-state index contributed by atoms with van der Waals surface area (Å²) in [5, 5.41) is 9.25. The molecular formula is C20H19N3O3. The van der Waals surface area contributed by atoms with Gasteiger partial charge in [0, 0.05) is 22.9 Å². The highest BCUT2D eigenvalue weighted by atomic mass is 16.5. The van der Waals surface area contributed by atoms with E-state index >= 15 is 0 Å². The number of aryl methyl sites for hydroxylation is 3. The van der Waals surface area contributed by atoms with Gasteiger partial charge in [0.1, 0.15) is 5.76 Å². The summed E-state index contributed by atoms with van der Waals surface area (Å²) < 4.78 is 4.91. The lowest BCUT2D eigenvalue weighted by molar-refractivity contribution is 0.101. The SMILES string of the molecule is Cc1ccc(C)c(NC(=O)c2ccc(C(=O)Nc3cc(C)on3)cc2)c1. The van der Waals surface area contributed by atoms with Gasteiger partial charge in [-0.15, -0.1) is 0 Å². The molecule has 0 spiro atoms. The Kier molecular flexibility index (Phi) is 4.84. The Balaban J connectivity index is 1.69. The van der Waals surface area contributed by atoms with Crippen LogP contribution in [-0.2, 0) is 0 Å². The molecule has 0 saturated carbocycles. The smallest absolute Gasteiger partial charge is 0.256 e. The van der Waals surface area contributed by atoms with Crippen LogP contribution in [0, 0.1) is 20.8 Å². The van der Waals surface area contributed by atoms with Crippen LogP contribution >= 0.6 is 0 Å². The normalized spacial score (nSPS) is 10.4. The molecule has 2 amide bonds. The molecule has 0 unspecified atom stereocenters. The van der Waals surface area contributed by atoms with E-state index in [4.69, 9.17) is 4.52 Å². The molecular weight excluding hydrogens is 330 g/mol. The van der Waals surface area contributed by atoms with Crippen LogP contribution in [0.25, 0.3) is 0 Å². The molecule has 0 radical (unpaired) electrons. The predicted octanol–water partition coefficient (Wildman–Crippen LogP) is 4.10. The molecule has 132 valence electrons. The first kappa shape index (κ1) is 17.4. The monoisotopic (exact) mass is 349 g/mol. The van der Waals surface area contributed by atoms with Crippen molar-refractivity contribution in [3.05, 3.63) is 76.5 Å². The molecule has 1 heterocycles. The minimum atomic E-state index is -0.320. The van der Waals surface area contributed by atoms with Gasteiger partial charge in [-0.1, -0.05) is 17.3 Å². The van der Waals surface area contributed by atoms with Gasteiger partial charge in [-0.25, -0.2) is 0 Å². The molecule has 3 rings (SSSR count). The Morgan fingerprint density at radius 1 is 0.846 bits per heavy atom. The summed E-state index contributed by atoms with van der Waals surface area (Å²) in [6.45, 7) is 5.65. The molecule has 0 aliphatic carbocycles. The molecule has 2 N–H and O–H groups in total. The number of carbonyl (C=O) groups is 2. The number of aromatic nitrogens is 1. The molecule has 0 atom stereocenters. The molecule has 6 nitrogen and oxygen atoms in total. The quantitative estimate of drug-likeness (QED) is 0.742. The van der Waals surface area contributed by atoms with Crippen LogP contribution in [0.1, 0.15) is 37.6 Å². The minimum absolute atomic E-state index is 0.224. The number of nitrogens with zero attached hydrogens (tertiary/aromatic N) is 1. The largest absolute Gasteiger partial charge is 0.360 e. The van der Waals surface area contributed by atoms with Gasteiger partial charge in [0.25, 0.3) is 11.8 Å². The van der Waals surface area contributed by atoms with E-state index in [1.54, 1.807) is 37.3 Å². The molecule has 3 aromatic rings. The van der Waals surface area contributed by atoms with Crippen molar-refractivity contribution in [1.82, 2.24) is 5.16 Å². The number of rotatable bonds is 4. The average molecular weight is 349 g/mol. The summed E-state index contributed by atoms with van der Waals surface area (Å²) in [5.41, 5.74) is 3.73. The van der Waals surface area contributed by atoms with E-state index in [0.29, 0.717) is 22.7 Å². The van der Waals surface area contributed by atoms with Gasteiger partial charge in [0.05, 0.1) is 0 Å². The van der Waals surface area contributed by atoms with Crippen molar-refractivity contribution in [1.29, 1.82) is 0 Å². The Morgan fingerprint density at radius 2 is 1.46 bits per heavy atom. The standard InChI is InChI=1S/C20H19N3O3/c1-12-4-5-13(2)17(10-12)21-19(24)15-6-8-16(9-7-15)20(25)22-18-11-14(3)26-23-18/h4-11H,1-3H3,(H,21,24)(H,22,23,25). The molecule has 1 aromatic heterocycles. The van der Waals surface area contributed by atoms with Gasteiger partial charge in [-0.2, -0.15) is 0 Å². The summed E-state index contributed by atoms with van der Waals surface area (Å²) in [6.07, 6.45) is 0. The first-order valence-electron chi connectivity index (χ1n) is 8.16. The van der Waals surface area contributed by atoms with Crippen LogP contribution < -0.4 is 10.6 Å². The van der Waals surface area contributed by atoms with Gasteiger partial charge in [-0.05, 0) is 62.2 Å². The lowest BCUT2D eigenvalue weighted by Crippen LogP contribution is -2.15. The van der Waals surface area contributed by atoms with Gasteiger partial charge >= 0.3 is 0 Å². The van der Waals surface area contributed by atoms with Crippen molar-refractivity contribution in [3.63, 3.8) is 0 Å². The van der Waals surface area contributed by atoms with Gasteiger partial charge < -0.3 is 15.2 Å². The average Bonchev–Trinajstić information content (AvgIpc) is 3.03. The highest BCUT2D eigenvalue weighted by Crippen LogP contribution is 2.18. The van der Waals surface area contributed by atoms with Crippen molar-refractivity contribution >= 4 is 23.3 Å². The Morgan fingerprint density at radius 3 is 2.04 bits per heavy atom. The minimum Gasteiger partial charge on any atom is -0.360 e. The highest BCUT2D eigenvalue weighted by Gasteiger charge is 2.12. The van der Waals surface area contributed by atoms with E-state index in [9.17, 15) is 9.59 Å². The third kappa shape index (κ3) is 3.97. The lowest BCUT2D eigenvalue weighted by atomic mass is 10.1. The van der Waals surface area contributed by atoms with Crippen molar-refractivity contribution in [2.24, 2.45) is 0 Å². The zero-order chi connectivity index (χ0) is 18.7. The van der Waals surface area contributed by atoms with E-state index in [1.165, 1.54) is 0 Å². The fourth-order valence-electron chi connectivity index (χ4n) is 2.45. The Hall–Kier alpha value is -3.41. The third-order valence-electron chi connectivity index (χ3n) is 3.92. The number of hydrogen-bond acceptors (Lipinski definition) is 4. The van der Waals surface area contributed by atoms with Crippen LogP contribution in [0.5, 0.6) is 0 Å². The van der Waals surface area contributed by atoms with E-state index < -0.39 is 0 Å². The zero-order valence-corrected chi connectivity index (χ0v) is 14.8. The summed E-state index contributed by atoms with van der Waals surface area (Å²) in [5.74, 6) is 0.417. The highest BCUT2D eigenvalue weighted by molar-refractivity contribution is 6.07. The van der Waals surface area contributed by atoms with Crippen LogP contribution in [0.3, 0.4) is 0 Å². The van der Waals surface area contributed by atoms with Crippen LogP contribution in [0.2, 0.25) is 0 Å². The number of hydrogen-bond donors (Lipinski definition) is 2. The lowest BCUT2D eigenvalue weighted by Gasteiger charge is -2.10. The number of amides is 2. The second-order valence-corrected chi connectivity index (χ2v) is 6.13. The van der Waals surface area contributed by atoms with E-state index in [-0.39, 0.29) is 11.8 Å². The van der Waals surface area contributed by atoms with Crippen molar-refractivity contribution < 1.29 is 14.1 Å².